The molecule has 0 spiro atoms. The molecule has 0 unspecified atom stereocenters. The number of anilines is 1. The molecule has 0 heterocycles. The van der Waals surface area contributed by atoms with Gasteiger partial charge in [0, 0.05) is 25.3 Å². The van der Waals surface area contributed by atoms with Crippen LogP contribution in [0.5, 0.6) is 0 Å². The third-order valence-electron chi connectivity index (χ3n) is 3.52. The van der Waals surface area contributed by atoms with Crippen molar-refractivity contribution in [3.8, 4) is 0 Å². The van der Waals surface area contributed by atoms with Crippen LogP contribution in [0.3, 0.4) is 0 Å². The molecule has 0 amide bonds. The first-order valence-corrected chi connectivity index (χ1v) is 7.29. The van der Waals surface area contributed by atoms with Crippen molar-refractivity contribution in [2.45, 2.75) is 40.3 Å². The normalized spacial score (nSPS) is 12.4. The molecule has 0 aliphatic heterocycles. The Morgan fingerprint density at radius 2 is 1.75 bits per heavy atom. The number of nitrogens with one attached hydrogen (secondary N) is 1. The fraction of sp³-hybridized carbons (Fsp3) is 0.562. The van der Waals surface area contributed by atoms with Crippen LogP contribution >= 0.6 is 0 Å². The largest absolute Gasteiger partial charge is 0.480 e. The average molecular weight is 278 g/mol. The van der Waals surface area contributed by atoms with Gasteiger partial charge in [-0.3, -0.25) is 4.79 Å². The van der Waals surface area contributed by atoms with Crippen molar-refractivity contribution in [2.24, 2.45) is 5.92 Å². The van der Waals surface area contributed by atoms with Crippen LogP contribution in [0.2, 0.25) is 0 Å². The summed E-state index contributed by atoms with van der Waals surface area (Å²) in [6.07, 6.45) is 0. The topological polar surface area (TPSA) is 52.6 Å². The van der Waals surface area contributed by atoms with Gasteiger partial charge >= 0.3 is 5.97 Å². The molecule has 2 N–H and O–H groups in total. The lowest BCUT2D eigenvalue weighted by Crippen LogP contribution is -2.40. The van der Waals surface area contributed by atoms with E-state index in [-0.39, 0.29) is 5.92 Å². The first-order chi connectivity index (χ1) is 9.49. The summed E-state index contributed by atoms with van der Waals surface area (Å²) >= 11 is 0. The molecule has 0 bridgehead atoms. The number of hydrogen-bond acceptors (Lipinski definition) is 3. The van der Waals surface area contributed by atoms with Crippen LogP contribution in [0.1, 0.15) is 33.3 Å². The molecule has 1 aromatic carbocycles. The van der Waals surface area contributed by atoms with E-state index >= 15 is 0 Å². The van der Waals surface area contributed by atoms with Crippen molar-refractivity contribution in [1.29, 1.82) is 0 Å². The number of aliphatic carboxylic acids is 1. The van der Waals surface area contributed by atoms with Crippen LogP contribution in [0, 0.1) is 5.92 Å². The number of nitrogens with zero attached hydrogens (tertiary/aromatic N) is 1. The molecule has 4 nitrogen and oxygen atoms in total. The highest BCUT2D eigenvalue weighted by molar-refractivity contribution is 5.73. The maximum atomic E-state index is 11.1. The van der Waals surface area contributed by atoms with Gasteiger partial charge in [-0.25, -0.2) is 0 Å². The highest BCUT2D eigenvalue weighted by atomic mass is 16.4. The maximum absolute atomic E-state index is 11.1. The van der Waals surface area contributed by atoms with Crippen molar-refractivity contribution in [2.75, 3.05) is 18.0 Å². The molecule has 20 heavy (non-hydrogen) atoms. The highest BCUT2D eigenvalue weighted by Crippen LogP contribution is 2.15. The Hall–Kier alpha value is -1.55. The fourth-order valence-electron chi connectivity index (χ4n) is 2.25. The smallest absolute Gasteiger partial charge is 0.320 e. The summed E-state index contributed by atoms with van der Waals surface area (Å²) in [5, 5.41) is 12.2. The molecule has 0 fully saturated rings. The fourth-order valence-corrected chi connectivity index (χ4v) is 2.25. The van der Waals surface area contributed by atoms with Gasteiger partial charge in [-0.1, -0.05) is 26.0 Å². The Balaban J connectivity index is 2.63. The Labute approximate surface area is 121 Å². The summed E-state index contributed by atoms with van der Waals surface area (Å²) < 4.78 is 0. The number of carboxylic acids is 1. The first kappa shape index (κ1) is 16.5. The van der Waals surface area contributed by atoms with E-state index < -0.39 is 12.0 Å². The zero-order valence-corrected chi connectivity index (χ0v) is 12.9. The number of rotatable bonds is 8. The number of carbonyl (C=O) groups is 1. The number of hydrogen-bond donors (Lipinski definition) is 2. The van der Waals surface area contributed by atoms with E-state index in [1.54, 1.807) is 0 Å². The lowest BCUT2D eigenvalue weighted by atomic mass is 10.0. The first-order valence-electron chi connectivity index (χ1n) is 7.29. The lowest BCUT2D eigenvalue weighted by molar-refractivity contribution is -0.140. The van der Waals surface area contributed by atoms with E-state index in [1.807, 2.05) is 13.8 Å². The molecule has 4 heteroatoms. The minimum Gasteiger partial charge on any atom is -0.480 e. The average Bonchev–Trinajstić information content (AvgIpc) is 2.41. The minimum absolute atomic E-state index is 0.0717. The van der Waals surface area contributed by atoms with Gasteiger partial charge in [0.15, 0.2) is 0 Å². The van der Waals surface area contributed by atoms with Crippen molar-refractivity contribution >= 4 is 11.7 Å². The van der Waals surface area contributed by atoms with Gasteiger partial charge in [-0.2, -0.15) is 0 Å². The van der Waals surface area contributed by atoms with Gasteiger partial charge in [0.2, 0.25) is 0 Å². The van der Waals surface area contributed by atoms with Crippen LogP contribution in [-0.4, -0.2) is 30.2 Å². The molecular weight excluding hydrogens is 252 g/mol. The van der Waals surface area contributed by atoms with Crippen molar-refractivity contribution in [3.05, 3.63) is 29.8 Å². The summed E-state index contributed by atoms with van der Waals surface area (Å²) in [4.78, 5) is 13.4. The van der Waals surface area contributed by atoms with Crippen LogP contribution in [0.4, 0.5) is 5.69 Å². The summed E-state index contributed by atoms with van der Waals surface area (Å²) in [6.45, 7) is 10.7. The summed E-state index contributed by atoms with van der Waals surface area (Å²) in [6, 6.07) is 7.79. The molecule has 112 valence electrons. The Morgan fingerprint density at radius 3 is 2.15 bits per heavy atom. The van der Waals surface area contributed by atoms with Gasteiger partial charge < -0.3 is 15.3 Å². The predicted molar refractivity (Wildman–Crippen MR) is 83.1 cm³/mol. The van der Waals surface area contributed by atoms with Crippen LogP contribution < -0.4 is 10.2 Å². The Bertz CT molecular complexity index is 411. The van der Waals surface area contributed by atoms with Crippen LogP contribution in [0.15, 0.2) is 24.3 Å². The second kappa shape index (κ2) is 7.90. The molecule has 0 aromatic heterocycles. The third kappa shape index (κ3) is 4.53. The Morgan fingerprint density at radius 1 is 1.20 bits per heavy atom. The molecule has 1 atom stereocenters. The van der Waals surface area contributed by atoms with Crippen molar-refractivity contribution in [1.82, 2.24) is 5.32 Å². The lowest BCUT2D eigenvalue weighted by Gasteiger charge is -2.21. The molecule has 0 saturated carbocycles. The molecule has 0 saturated heterocycles. The van der Waals surface area contributed by atoms with Gasteiger partial charge in [0.25, 0.3) is 0 Å². The number of benzene rings is 1. The minimum atomic E-state index is -0.792. The second-order valence-corrected chi connectivity index (χ2v) is 5.28. The monoisotopic (exact) mass is 278 g/mol. The SMILES string of the molecule is CCN(CC)c1ccc(CN[C@H](C(=O)O)C(C)C)cc1. The van der Waals surface area contributed by atoms with E-state index in [1.165, 1.54) is 5.69 Å². The van der Waals surface area contributed by atoms with Gasteiger partial charge in [0.05, 0.1) is 0 Å². The Kier molecular flexibility index (Phi) is 6.52. The van der Waals surface area contributed by atoms with E-state index in [0.717, 1.165) is 18.7 Å². The maximum Gasteiger partial charge on any atom is 0.320 e. The molecular formula is C16H26N2O2. The highest BCUT2D eigenvalue weighted by Gasteiger charge is 2.20. The van der Waals surface area contributed by atoms with Crippen LogP contribution in [0.25, 0.3) is 0 Å². The summed E-state index contributed by atoms with van der Waals surface area (Å²) in [5.74, 6) is -0.720. The zero-order valence-electron chi connectivity index (χ0n) is 12.9. The summed E-state index contributed by atoms with van der Waals surface area (Å²) in [5.41, 5.74) is 2.31. The predicted octanol–water partition coefficient (Wildman–Crippen LogP) is 2.73. The van der Waals surface area contributed by atoms with E-state index in [4.69, 9.17) is 5.11 Å². The second-order valence-electron chi connectivity index (χ2n) is 5.28. The molecule has 0 aliphatic rings. The van der Waals surface area contributed by atoms with E-state index in [0.29, 0.717) is 6.54 Å². The van der Waals surface area contributed by atoms with Gasteiger partial charge in [-0.15, -0.1) is 0 Å². The quantitative estimate of drug-likeness (QED) is 0.767. The van der Waals surface area contributed by atoms with Crippen LogP contribution in [-0.2, 0) is 11.3 Å². The standard InChI is InChI=1S/C16H26N2O2/c1-5-18(6-2)14-9-7-13(8-10-14)11-17-15(12(3)4)16(19)20/h7-10,12,15,17H,5-6,11H2,1-4H3,(H,19,20)/t15-/m0/s1. The molecule has 1 aromatic rings. The molecule has 0 radical (unpaired) electrons. The van der Waals surface area contributed by atoms with Crippen molar-refractivity contribution < 1.29 is 9.90 Å². The van der Waals surface area contributed by atoms with Crippen molar-refractivity contribution in [3.63, 3.8) is 0 Å². The van der Waals surface area contributed by atoms with Gasteiger partial charge in [-0.05, 0) is 37.5 Å². The zero-order chi connectivity index (χ0) is 15.1. The van der Waals surface area contributed by atoms with E-state index in [2.05, 4.69) is 48.3 Å². The molecule has 0 aliphatic carbocycles. The summed E-state index contributed by atoms with van der Waals surface area (Å²) in [7, 11) is 0. The van der Waals surface area contributed by atoms with E-state index in [9.17, 15) is 4.79 Å². The third-order valence-corrected chi connectivity index (χ3v) is 3.52. The number of carboxylic acid groups (broad SMARTS) is 1. The molecule has 1 rings (SSSR count). The van der Waals surface area contributed by atoms with Gasteiger partial charge in [0.1, 0.15) is 6.04 Å².